The standard InChI is InChI=1S/C11H11N3O/c15-11(9-4-3-6-12-8-9)14-10-5-1-2-7-13-10/h1-3,5-8,12H,4H2,(H,13,14,15). The third-order valence-electron chi connectivity index (χ3n) is 2.01. The van der Waals surface area contributed by atoms with Gasteiger partial charge in [0.15, 0.2) is 0 Å². The van der Waals surface area contributed by atoms with Gasteiger partial charge in [-0.25, -0.2) is 4.98 Å². The molecule has 4 heteroatoms. The van der Waals surface area contributed by atoms with Crippen LogP contribution in [-0.4, -0.2) is 10.9 Å². The number of pyridine rings is 1. The molecule has 0 aliphatic carbocycles. The average molecular weight is 201 g/mol. The number of dihydropyridines is 1. The molecular weight excluding hydrogens is 190 g/mol. The van der Waals surface area contributed by atoms with Crippen LogP contribution in [0.3, 0.4) is 0 Å². The van der Waals surface area contributed by atoms with Gasteiger partial charge in [-0.15, -0.1) is 0 Å². The normalized spacial score (nSPS) is 14.0. The SMILES string of the molecule is O=C(Nc1ccccn1)C1=CNC=CC1. The first-order chi connectivity index (χ1) is 7.36. The number of amides is 1. The van der Waals surface area contributed by atoms with Crippen LogP contribution in [0.5, 0.6) is 0 Å². The molecule has 76 valence electrons. The van der Waals surface area contributed by atoms with Gasteiger partial charge in [-0.3, -0.25) is 4.79 Å². The van der Waals surface area contributed by atoms with Crippen molar-refractivity contribution < 1.29 is 4.79 Å². The Bertz CT molecular complexity index is 409. The van der Waals surface area contributed by atoms with Gasteiger partial charge in [-0.2, -0.15) is 0 Å². The van der Waals surface area contributed by atoms with Gasteiger partial charge < -0.3 is 10.6 Å². The zero-order chi connectivity index (χ0) is 10.5. The van der Waals surface area contributed by atoms with Crippen LogP contribution < -0.4 is 10.6 Å². The molecule has 15 heavy (non-hydrogen) atoms. The molecule has 2 rings (SSSR count). The van der Waals surface area contributed by atoms with Gasteiger partial charge in [-0.1, -0.05) is 12.1 Å². The van der Waals surface area contributed by atoms with Crippen LogP contribution in [0, 0.1) is 0 Å². The summed E-state index contributed by atoms with van der Waals surface area (Å²) in [6.45, 7) is 0. The summed E-state index contributed by atoms with van der Waals surface area (Å²) in [5.74, 6) is 0.448. The van der Waals surface area contributed by atoms with Crippen LogP contribution in [0.25, 0.3) is 0 Å². The summed E-state index contributed by atoms with van der Waals surface area (Å²) in [4.78, 5) is 15.7. The Labute approximate surface area is 87.7 Å². The van der Waals surface area contributed by atoms with Crippen molar-refractivity contribution in [1.29, 1.82) is 0 Å². The van der Waals surface area contributed by atoms with E-state index in [9.17, 15) is 4.79 Å². The average Bonchev–Trinajstić information content (AvgIpc) is 2.31. The summed E-state index contributed by atoms with van der Waals surface area (Å²) >= 11 is 0. The summed E-state index contributed by atoms with van der Waals surface area (Å²) in [5.41, 5.74) is 0.697. The Morgan fingerprint density at radius 2 is 2.40 bits per heavy atom. The Morgan fingerprint density at radius 1 is 1.47 bits per heavy atom. The molecule has 0 aromatic carbocycles. The Hall–Kier alpha value is -2.10. The number of nitrogens with one attached hydrogen (secondary N) is 2. The lowest BCUT2D eigenvalue weighted by molar-refractivity contribution is -0.113. The fraction of sp³-hybridized carbons (Fsp3) is 0.0909. The maximum Gasteiger partial charge on any atom is 0.254 e. The molecule has 0 unspecified atom stereocenters. The number of nitrogens with zero attached hydrogens (tertiary/aromatic N) is 1. The third kappa shape index (κ3) is 2.43. The zero-order valence-corrected chi connectivity index (χ0v) is 8.10. The first kappa shape index (κ1) is 9.45. The van der Waals surface area contributed by atoms with Crippen molar-refractivity contribution >= 4 is 11.7 Å². The smallest absolute Gasteiger partial charge is 0.254 e. The van der Waals surface area contributed by atoms with E-state index in [-0.39, 0.29) is 5.91 Å². The highest BCUT2D eigenvalue weighted by Gasteiger charge is 2.09. The molecule has 0 saturated carbocycles. The van der Waals surface area contributed by atoms with Gasteiger partial charge in [0.05, 0.1) is 0 Å². The van der Waals surface area contributed by atoms with Crippen molar-refractivity contribution in [2.24, 2.45) is 0 Å². The van der Waals surface area contributed by atoms with Crippen molar-refractivity contribution in [1.82, 2.24) is 10.3 Å². The van der Waals surface area contributed by atoms with Crippen molar-refractivity contribution in [3.8, 4) is 0 Å². The van der Waals surface area contributed by atoms with Gasteiger partial charge in [0.25, 0.3) is 5.91 Å². The van der Waals surface area contributed by atoms with E-state index in [2.05, 4.69) is 15.6 Å². The second-order valence-electron chi connectivity index (χ2n) is 3.11. The Kier molecular flexibility index (Phi) is 2.78. The molecule has 0 saturated heterocycles. The van der Waals surface area contributed by atoms with Crippen molar-refractivity contribution in [3.63, 3.8) is 0 Å². The van der Waals surface area contributed by atoms with Gasteiger partial charge in [0.1, 0.15) is 5.82 Å². The van der Waals surface area contributed by atoms with Crippen LogP contribution in [0.1, 0.15) is 6.42 Å². The zero-order valence-electron chi connectivity index (χ0n) is 8.10. The molecule has 0 fully saturated rings. The molecule has 1 amide bonds. The summed E-state index contributed by atoms with van der Waals surface area (Å²) in [6, 6.07) is 5.39. The lowest BCUT2D eigenvalue weighted by atomic mass is 10.1. The van der Waals surface area contributed by atoms with E-state index in [4.69, 9.17) is 0 Å². The summed E-state index contributed by atoms with van der Waals surface area (Å²) < 4.78 is 0. The van der Waals surface area contributed by atoms with E-state index >= 15 is 0 Å². The molecule has 1 aromatic heterocycles. The van der Waals surface area contributed by atoms with E-state index < -0.39 is 0 Å². The summed E-state index contributed by atoms with van der Waals surface area (Å²) in [7, 11) is 0. The maximum atomic E-state index is 11.7. The van der Waals surface area contributed by atoms with Crippen LogP contribution in [0.15, 0.2) is 48.4 Å². The van der Waals surface area contributed by atoms with E-state index in [1.54, 1.807) is 30.7 Å². The first-order valence-electron chi connectivity index (χ1n) is 4.69. The highest BCUT2D eigenvalue weighted by molar-refractivity contribution is 6.03. The number of hydrogen-bond acceptors (Lipinski definition) is 3. The molecule has 0 bridgehead atoms. The molecule has 0 atom stereocenters. The number of anilines is 1. The Morgan fingerprint density at radius 3 is 3.07 bits per heavy atom. The number of aromatic nitrogens is 1. The van der Waals surface area contributed by atoms with Crippen molar-refractivity contribution in [2.75, 3.05) is 5.32 Å². The highest BCUT2D eigenvalue weighted by Crippen LogP contribution is 2.09. The number of carbonyl (C=O) groups excluding carboxylic acids is 1. The van der Waals surface area contributed by atoms with Crippen LogP contribution in [0.2, 0.25) is 0 Å². The molecule has 1 aromatic rings. The van der Waals surface area contributed by atoms with E-state index in [0.717, 1.165) is 0 Å². The second-order valence-corrected chi connectivity index (χ2v) is 3.11. The highest BCUT2D eigenvalue weighted by atomic mass is 16.1. The van der Waals surface area contributed by atoms with Gasteiger partial charge >= 0.3 is 0 Å². The minimum absolute atomic E-state index is 0.120. The number of hydrogen-bond donors (Lipinski definition) is 2. The van der Waals surface area contributed by atoms with Gasteiger partial charge in [-0.05, 0) is 24.8 Å². The number of carbonyl (C=O) groups is 1. The molecule has 1 aliphatic heterocycles. The van der Waals surface area contributed by atoms with E-state index in [0.29, 0.717) is 17.8 Å². The third-order valence-corrected chi connectivity index (χ3v) is 2.01. The lowest BCUT2D eigenvalue weighted by Gasteiger charge is -2.09. The van der Waals surface area contributed by atoms with Crippen LogP contribution >= 0.6 is 0 Å². The molecule has 1 aliphatic rings. The second kappa shape index (κ2) is 4.41. The quantitative estimate of drug-likeness (QED) is 0.760. The number of allylic oxidation sites excluding steroid dienone is 1. The topological polar surface area (TPSA) is 54.0 Å². The predicted octanol–water partition coefficient (Wildman–Crippen LogP) is 1.41. The fourth-order valence-corrected chi connectivity index (χ4v) is 1.25. The predicted molar refractivity (Wildman–Crippen MR) is 57.8 cm³/mol. The minimum Gasteiger partial charge on any atom is -0.367 e. The van der Waals surface area contributed by atoms with Crippen molar-refractivity contribution in [2.45, 2.75) is 6.42 Å². The fourth-order valence-electron chi connectivity index (χ4n) is 1.25. The molecule has 0 radical (unpaired) electrons. The summed E-state index contributed by atoms with van der Waals surface area (Å²) in [6.07, 6.45) is 7.68. The number of rotatable bonds is 2. The summed E-state index contributed by atoms with van der Waals surface area (Å²) in [5, 5.41) is 5.60. The van der Waals surface area contributed by atoms with Crippen molar-refractivity contribution in [3.05, 3.63) is 48.4 Å². The molecule has 2 heterocycles. The van der Waals surface area contributed by atoms with Crippen LogP contribution in [-0.2, 0) is 4.79 Å². The molecule has 0 spiro atoms. The van der Waals surface area contributed by atoms with Gasteiger partial charge in [0.2, 0.25) is 0 Å². The van der Waals surface area contributed by atoms with E-state index in [1.165, 1.54) is 0 Å². The Balaban J connectivity index is 2.01. The first-order valence-corrected chi connectivity index (χ1v) is 4.69. The molecular formula is C11H11N3O. The molecule has 2 N–H and O–H groups in total. The van der Waals surface area contributed by atoms with Gasteiger partial charge in [0, 0.05) is 18.0 Å². The largest absolute Gasteiger partial charge is 0.367 e. The molecule has 4 nitrogen and oxygen atoms in total. The monoisotopic (exact) mass is 201 g/mol. The lowest BCUT2D eigenvalue weighted by Crippen LogP contribution is -2.18. The minimum atomic E-state index is -0.120. The van der Waals surface area contributed by atoms with E-state index in [1.807, 2.05) is 12.1 Å². The van der Waals surface area contributed by atoms with Crippen LogP contribution in [0.4, 0.5) is 5.82 Å². The maximum absolute atomic E-state index is 11.7.